The predicted octanol–water partition coefficient (Wildman–Crippen LogP) is 1.17. The summed E-state index contributed by atoms with van der Waals surface area (Å²) in [6, 6.07) is 1.96. The van der Waals surface area contributed by atoms with Crippen molar-refractivity contribution in [3.63, 3.8) is 0 Å². The van der Waals surface area contributed by atoms with E-state index in [1.54, 1.807) is 0 Å². The van der Waals surface area contributed by atoms with Gasteiger partial charge < -0.3 is 19.8 Å². The molecule has 2 rings (SSSR count). The Hall–Kier alpha value is -1.17. The molecule has 0 unspecified atom stereocenters. The maximum Gasteiger partial charge on any atom is 0.134 e. The maximum atomic E-state index is 10.6. The Bertz CT molecular complexity index is 470. The summed E-state index contributed by atoms with van der Waals surface area (Å²) in [7, 11) is 1.91. The van der Waals surface area contributed by atoms with Gasteiger partial charge >= 0.3 is 0 Å². The van der Waals surface area contributed by atoms with Gasteiger partial charge in [-0.2, -0.15) is 0 Å². The highest BCUT2D eigenvalue weighted by molar-refractivity contribution is 5.51. The Morgan fingerprint density at radius 2 is 2.00 bits per heavy atom. The smallest absolute Gasteiger partial charge is 0.134 e. The molecule has 0 spiro atoms. The van der Waals surface area contributed by atoms with Crippen LogP contribution in [0, 0.1) is 13.8 Å². The highest BCUT2D eigenvalue weighted by Gasteiger charge is 2.32. The van der Waals surface area contributed by atoms with Crippen molar-refractivity contribution in [3.8, 4) is 0 Å². The number of likely N-dealkylation sites (N-methyl/N-ethyl adjacent to an activating group) is 1. The summed E-state index contributed by atoms with van der Waals surface area (Å²) in [5.74, 6) is 0.755. The molecule has 112 valence electrons. The first kappa shape index (κ1) is 15.2. The second-order valence-corrected chi connectivity index (χ2v) is 5.73. The van der Waals surface area contributed by atoms with Gasteiger partial charge in [-0.15, -0.1) is 0 Å². The van der Waals surface area contributed by atoms with Gasteiger partial charge in [-0.3, -0.25) is 0 Å². The van der Waals surface area contributed by atoms with Gasteiger partial charge in [-0.05, 0) is 25.5 Å². The average molecular weight is 280 g/mol. The normalized spacial score (nSPS) is 18.1. The predicted molar refractivity (Wildman–Crippen MR) is 77.9 cm³/mol. The van der Waals surface area contributed by atoms with E-state index in [0.717, 1.165) is 22.6 Å². The number of aliphatic hydroxyl groups is 2. The summed E-state index contributed by atoms with van der Waals surface area (Å²) in [5.41, 5.74) is 2.04. The van der Waals surface area contributed by atoms with E-state index < -0.39 is 5.60 Å². The SMILES string of the molecule is Cc1cc(C)c(CO)c(N(C)CC2(O)CCOCC2)n1. The molecule has 0 bridgehead atoms. The van der Waals surface area contributed by atoms with Crippen molar-refractivity contribution in [2.24, 2.45) is 0 Å². The Kier molecular flexibility index (Phi) is 4.62. The minimum absolute atomic E-state index is 0.0413. The third kappa shape index (κ3) is 3.29. The molecular formula is C15H24N2O3. The molecule has 0 saturated carbocycles. The molecule has 0 aliphatic carbocycles. The molecule has 1 aliphatic rings. The first-order chi connectivity index (χ1) is 9.45. The van der Waals surface area contributed by atoms with Crippen molar-refractivity contribution < 1.29 is 14.9 Å². The van der Waals surface area contributed by atoms with Crippen LogP contribution in [0.1, 0.15) is 29.7 Å². The Morgan fingerprint density at radius 3 is 2.60 bits per heavy atom. The Labute approximate surface area is 120 Å². The lowest BCUT2D eigenvalue weighted by Gasteiger charge is -2.36. The van der Waals surface area contributed by atoms with Crippen LogP contribution >= 0.6 is 0 Å². The third-order valence-electron chi connectivity index (χ3n) is 3.93. The fourth-order valence-electron chi connectivity index (χ4n) is 2.78. The number of aromatic nitrogens is 1. The van der Waals surface area contributed by atoms with E-state index in [1.807, 2.05) is 31.9 Å². The molecule has 2 heterocycles. The molecule has 2 N–H and O–H groups in total. The van der Waals surface area contributed by atoms with E-state index in [-0.39, 0.29) is 6.61 Å². The van der Waals surface area contributed by atoms with E-state index in [1.165, 1.54) is 0 Å². The van der Waals surface area contributed by atoms with Gasteiger partial charge in [0.25, 0.3) is 0 Å². The number of anilines is 1. The van der Waals surface area contributed by atoms with Gasteiger partial charge in [0.15, 0.2) is 0 Å². The van der Waals surface area contributed by atoms with Crippen LogP contribution in [0.3, 0.4) is 0 Å². The summed E-state index contributed by atoms with van der Waals surface area (Å²) in [5, 5.41) is 20.2. The lowest BCUT2D eigenvalue weighted by molar-refractivity contribution is -0.0573. The lowest BCUT2D eigenvalue weighted by Crippen LogP contribution is -2.46. The van der Waals surface area contributed by atoms with Crippen LogP contribution in [0.4, 0.5) is 5.82 Å². The minimum Gasteiger partial charge on any atom is -0.392 e. The molecular weight excluding hydrogens is 256 g/mol. The number of pyridine rings is 1. The number of aliphatic hydroxyl groups excluding tert-OH is 1. The lowest BCUT2D eigenvalue weighted by atomic mass is 9.93. The molecule has 0 amide bonds. The summed E-state index contributed by atoms with van der Waals surface area (Å²) in [6.07, 6.45) is 1.27. The van der Waals surface area contributed by atoms with Gasteiger partial charge in [-0.1, -0.05) is 0 Å². The van der Waals surface area contributed by atoms with Crippen molar-refractivity contribution in [1.29, 1.82) is 0 Å². The van der Waals surface area contributed by atoms with Crippen molar-refractivity contribution >= 4 is 5.82 Å². The Morgan fingerprint density at radius 1 is 1.35 bits per heavy atom. The molecule has 0 atom stereocenters. The highest BCUT2D eigenvalue weighted by atomic mass is 16.5. The minimum atomic E-state index is -0.737. The number of hydrogen-bond acceptors (Lipinski definition) is 5. The first-order valence-corrected chi connectivity index (χ1v) is 7.04. The van der Waals surface area contributed by atoms with Crippen LogP contribution in [-0.2, 0) is 11.3 Å². The molecule has 5 heteroatoms. The zero-order chi connectivity index (χ0) is 14.8. The van der Waals surface area contributed by atoms with Crippen molar-refractivity contribution in [1.82, 2.24) is 4.98 Å². The number of ether oxygens (including phenoxy) is 1. The highest BCUT2D eigenvalue weighted by Crippen LogP contribution is 2.26. The molecule has 5 nitrogen and oxygen atoms in total. The van der Waals surface area contributed by atoms with Gasteiger partial charge in [-0.25, -0.2) is 4.98 Å². The average Bonchev–Trinajstić information content (AvgIpc) is 2.38. The monoisotopic (exact) mass is 280 g/mol. The van der Waals surface area contributed by atoms with E-state index in [4.69, 9.17) is 4.74 Å². The number of nitrogens with zero attached hydrogens (tertiary/aromatic N) is 2. The number of aryl methyl sites for hydroxylation is 2. The maximum absolute atomic E-state index is 10.6. The molecule has 1 saturated heterocycles. The second-order valence-electron chi connectivity index (χ2n) is 5.73. The molecule has 1 aliphatic heterocycles. The molecule has 1 aromatic rings. The van der Waals surface area contributed by atoms with Crippen LogP contribution in [-0.4, -0.2) is 47.6 Å². The number of rotatable bonds is 4. The zero-order valence-electron chi connectivity index (χ0n) is 12.5. The molecule has 0 radical (unpaired) electrons. The van der Waals surface area contributed by atoms with E-state index >= 15 is 0 Å². The largest absolute Gasteiger partial charge is 0.392 e. The van der Waals surface area contributed by atoms with E-state index in [2.05, 4.69) is 4.98 Å². The van der Waals surface area contributed by atoms with Crippen LogP contribution in [0.25, 0.3) is 0 Å². The zero-order valence-corrected chi connectivity index (χ0v) is 12.5. The summed E-state index contributed by atoms with van der Waals surface area (Å²) >= 11 is 0. The first-order valence-electron chi connectivity index (χ1n) is 7.04. The fourth-order valence-corrected chi connectivity index (χ4v) is 2.78. The molecule has 1 aromatic heterocycles. The van der Waals surface area contributed by atoms with Crippen molar-refractivity contribution in [2.75, 3.05) is 31.7 Å². The second kappa shape index (κ2) is 6.08. The van der Waals surface area contributed by atoms with Gasteiger partial charge in [0.05, 0.1) is 12.2 Å². The summed E-state index contributed by atoms with van der Waals surface area (Å²) < 4.78 is 5.30. The Balaban J connectivity index is 2.22. The fraction of sp³-hybridized carbons (Fsp3) is 0.667. The van der Waals surface area contributed by atoms with Crippen LogP contribution in [0.2, 0.25) is 0 Å². The standard InChI is InChI=1S/C15H24N2O3/c1-11-8-12(2)16-14(13(11)9-18)17(3)10-15(19)4-6-20-7-5-15/h8,18-19H,4-7,9-10H2,1-3H3. The van der Waals surface area contributed by atoms with E-state index in [9.17, 15) is 10.2 Å². The van der Waals surface area contributed by atoms with Gasteiger partial charge in [0, 0.05) is 50.9 Å². The third-order valence-corrected chi connectivity index (χ3v) is 3.93. The van der Waals surface area contributed by atoms with Gasteiger partial charge in [0.1, 0.15) is 5.82 Å². The number of hydrogen-bond donors (Lipinski definition) is 2. The van der Waals surface area contributed by atoms with Crippen LogP contribution in [0.15, 0.2) is 6.07 Å². The van der Waals surface area contributed by atoms with Crippen molar-refractivity contribution in [3.05, 3.63) is 22.9 Å². The van der Waals surface area contributed by atoms with Crippen molar-refractivity contribution in [2.45, 2.75) is 38.9 Å². The van der Waals surface area contributed by atoms with Crippen LogP contribution < -0.4 is 4.90 Å². The molecule has 1 fully saturated rings. The molecule has 20 heavy (non-hydrogen) atoms. The van der Waals surface area contributed by atoms with Crippen LogP contribution in [0.5, 0.6) is 0 Å². The quantitative estimate of drug-likeness (QED) is 0.866. The van der Waals surface area contributed by atoms with E-state index in [0.29, 0.717) is 32.6 Å². The summed E-state index contributed by atoms with van der Waals surface area (Å²) in [4.78, 5) is 6.47. The molecule has 0 aromatic carbocycles. The topological polar surface area (TPSA) is 65.8 Å². The van der Waals surface area contributed by atoms with Gasteiger partial charge in [0.2, 0.25) is 0 Å². The summed E-state index contributed by atoms with van der Waals surface area (Å²) in [6.45, 7) is 5.56.